The molecule has 2 heteroatoms. The van der Waals surface area contributed by atoms with Crippen molar-refractivity contribution in [2.45, 2.75) is 45.6 Å². The van der Waals surface area contributed by atoms with Gasteiger partial charge in [-0.15, -0.1) is 0 Å². The van der Waals surface area contributed by atoms with Crippen LogP contribution in [0.3, 0.4) is 0 Å². The van der Waals surface area contributed by atoms with Gasteiger partial charge in [-0.05, 0) is 43.6 Å². The van der Waals surface area contributed by atoms with Gasteiger partial charge in [0.2, 0.25) is 0 Å². The summed E-state index contributed by atoms with van der Waals surface area (Å²) in [5.41, 5.74) is 0.609. The zero-order chi connectivity index (χ0) is 10.0. The summed E-state index contributed by atoms with van der Waals surface area (Å²) in [7, 11) is 0. The Bertz CT molecular complexity index is 183. The average Bonchev–Trinajstić information content (AvgIpc) is 2.95. The zero-order valence-corrected chi connectivity index (χ0v) is 9.51. The molecule has 1 atom stereocenters. The Morgan fingerprint density at radius 1 is 1.36 bits per heavy atom. The molecule has 0 aromatic carbocycles. The van der Waals surface area contributed by atoms with Gasteiger partial charge in [0, 0.05) is 19.3 Å². The van der Waals surface area contributed by atoms with Crippen LogP contribution in [0.15, 0.2) is 0 Å². The normalized spacial score (nSPS) is 28.7. The monoisotopic (exact) mass is 197 g/mol. The van der Waals surface area contributed by atoms with Crippen molar-refractivity contribution in [3.63, 3.8) is 0 Å². The Morgan fingerprint density at radius 2 is 2.00 bits per heavy atom. The molecule has 14 heavy (non-hydrogen) atoms. The Labute approximate surface area is 87.4 Å². The summed E-state index contributed by atoms with van der Waals surface area (Å²) in [5.74, 6) is 0.858. The predicted octanol–water partition coefficient (Wildman–Crippen LogP) is 2.19. The lowest BCUT2D eigenvalue weighted by Crippen LogP contribution is -2.44. The first-order valence-electron chi connectivity index (χ1n) is 6.07. The fraction of sp³-hybridized carbons (Fsp3) is 1.00. The SMILES string of the molecule is CCNC(C1CCOCC1)C1(C)CC1. The molecule has 0 aromatic heterocycles. The van der Waals surface area contributed by atoms with Gasteiger partial charge in [-0.1, -0.05) is 13.8 Å². The molecule has 1 aliphatic heterocycles. The Kier molecular flexibility index (Phi) is 3.13. The van der Waals surface area contributed by atoms with Crippen LogP contribution in [0.2, 0.25) is 0 Å². The summed E-state index contributed by atoms with van der Waals surface area (Å²) in [6, 6.07) is 0.747. The van der Waals surface area contributed by atoms with Crippen molar-refractivity contribution < 1.29 is 4.74 Å². The maximum absolute atomic E-state index is 5.43. The van der Waals surface area contributed by atoms with E-state index in [9.17, 15) is 0 Å². The van der Waals surface area contributed by atoms with Crippen molar-refractivity contribution in [2.75, 3.05) is 19.8 Å². The van der Waals surface area contributed by atoms with E-state index >= 15 is 0 Å². The summed E-state index contributed by atoms with van der Waals surface area (Å²) in [6.45, 7) is 7.72. The average molecular weight is 197 g/mol. The molecule has 2 rings (SSSR count). The number of hydrogen-bond donors (Lipinski definition) is 1. The molecule has 2 fully saturated rings. The van der Waals surface area contributed by atoms with E-state index < -0.39 is 0 Å². The van der Waals surface area contributed by atoms with Crippen LogP contribution in [-0.2, 0) is 4.74 Å². The zero-order valence-electron chi connectivity index (χ0n) is 9.51. The van der Waals surface area contributed by atoms with E-state index in [1.54, 1.807) is 0 Å². The summed E-state index contributed by atoms with van der Waals surface area (Å²) >= 11 is 0. The van der Waals surface area contributed by atoms with E-state index in [0.29, 0.717) is 5.41 Å². The lowest BCUT2D eigenvalue weighted by atomic mass is 9.82. The minimum Gasteiger partial charge on any atom is -0.381 e. The standard InChI is InChI=1S/C12H23NO/c1-3-13-11(12(2)6-7-12)10-4-8-14-9-5-10/h10-11,13H,3-9H2,1-2H3. The molecule has 0 amide bonds. The van der Waals surface area contributed by atoms with Gasteiger partial charge in [0.15, 0.2) is 0 Å². The molecule has 0 bridgehead atoms. The fourth-order valence-corrected chi connectivity index (χ4v) is 2.76. The third-order valence-electron chi connectivity index (χ3n) is 3.95. The van der Waals surface area contributed by atoms with Gasteiger partial charge in [0.25, 0.3) is 0 Å². The first kappa shape index (κ1) is 10.4. The number of rotatable bonds is 4. The van der Waals surface area contributed by atoms with Gasteiger partial charge in [0.05, 0.1) is 0 Å². The molecule has 1 aliphatic carbocycles. The molecule has 0 aromatic rings. The molecule has 1 N–H and O–H groups in total. The molecule has 1 heterocycles. The quantitative estimate of drug-likeness (QED) is 0.746. The second kappa shape index (κ2) is 4.19. The number of nitrogens with one attached hydrogen (secondary N) is 1. The fourth-order valence-electron chi connectivity index (χ4n) is 2.76. The van der Waals surface area contributed by atoms with E-state index in [1.807, 2.05) is 0 Å². The molecule has 2 nitrogen and oxygen atoms in total. The predicted molar refractivity (Wildman–Crippen MR) is 58.3 cm³/mol. The third-order valence-corrected chi connectivity index (χ3v) is 3.95. The van der Waals surface area contributed by atoms with Crippen molar-refractivity contribution in [2.24, 2.45) is 11.3 Å². The second-order valence-corrected chi connectivity index (χ2v) is 5.14. The summed E-state index contributed by atoms with van der Waals surface area (Å²) in [4.78, 5) is 0. The smallest absolute Gasteiger partial charge is 0.0469 e. The molecule has 1 saturated heterocycles. The first-order valence-corrected chi connectivity index (χ1v) is 6.07. The van der Waals surface area contributed by atoms with Crippen LogP contribution in [0.4, 0.5) is 0 Å². The lowest BCUT2D eigenvalue weighted by Gasteiger charge is -2.35. The van der Waals surface area contributed by atoms with E-state index in [-0.39, 0.29) is 0 Å². The van der Waals surface area contributed by atoms with E-state index in [2.05, 4.69) is 19.2 Å². The molecule has 82 valence electrons. The highest BCUT2D eigenvalue weighted by Crippen LogP contribution is 2.51. The van der Waals surface area contributed by atoms with E-state index in [4.69, 9.17) is 4.74 Å². The van der Waals surface area contributed by atoms with Gasteiger partial charge in [-0.25, -0.2) is 0 Å². The van der Waals surface area contributed by atoms with Crippen LogP contribution >= 0.6 is 0 Å². The number of hydrogen-bond acceptors (Lipinski definition) is 2. The van der Waals surface area contributed by atoms with Crippen LogP contribution in [0.5, 0.6) is 0 Å². The molecule has 1 unspecified atom stereocenters. The van der Waals surface area contributed by atoms with Crippen molar-refractivity contribution in [1.82, 2.24) is 5.32 Å². The first-order chi connectivity index (χ1) is 6.76. The summed E-state index contributed by atoms with van der Waals surface area (Å²) in [6.07, 6.45) is 5.35. The third kappa shape index (κ3) is 2.12. The maximum atomic E-state index is 5.43. The largest absolute Gasteiger partial charge is 0.381 e. The highest BCUT2D eigenvalue weighted by Gasteiger charge is 2.47. The summed E-state index contributed by atoms with van der Waals surface area (Å²) < 4.78 is 5.43. The minimum absolute atomic E-state index is 0.609. The lowest BCUT2D eigenvalue weighted by molar-refractivity contribution is 0.0436. The molecule has 2 aliphatic rings. The highest BCUT2D eigenvalue weighted by molar-refractivity contribution is 5.01. The van der Waals surface area contributed by atoms with E-state index in [0.717, 1.165) is 31.7 Å². The van der Waals surface area contributed by atoms with Gasteiger partial charge in [0.1, 0.15) is 0 Å². The van der Waals surface area contributed by atoms with Crippen LogP contribution in [-0.4, -0.2) is 25.8 Å². The van der Waals surface area contributed by atoms with Gasteiger partial charge >= 0.3 is 0 Å². The molecule has 0 radical (unpaired) electrons. The van der Waals surface area contributed by atoms with Crippen molar-refractivity contribution in [1.29, 1.82) is 0 Å². The van der Waals surface area contributed by atoms with Crippen LogP contribution in [0.1, 0.15) is 39.5 Å². The molecule has 1 saturated carbocycles. The Morgan fingerprint density at radius 3 is 2.50 bits per heavy atom. The van der Waals surface area contributed by atoms with Crippen LogP contribution in [0.25, 0.3) is 0 Å². The van der Waals surface area contributed by atoms with Crippen LogP contribution < -0.4 is 5.32 Å². The summed E-state index contributed by atoms with van der Waals surface area (Å²) in [5, 5.41) is 3.70. The Hall–Kier alpha value is -0.0800. The second-order valence-electron chi connectivity index (χ2n) is 5.14. The topological polar surface area (TPSA) is 21.3 Å². The maximum Gasteiger partial charge on any atom is 0.0469 e. The minimum atomic E-state index is 0.609. The highest BCUT2D eigenvalue weighted by atomic mass is 16.5. The number of ether oxygens (including phenoxy) is 1. The molecular weight excluding hydrogens is 174 g/mol. The van der Waals surface area contributed by atoms with Gasteiger partial charge in [-0.3, -0.25) is 0 Å². The molecule has 0 spiro atoms. The van der Waals surface area contributed by atoms with Gasteiger partial charge < -0.3 is 10.1 Å². The van der Waals surface area contributed by atoms with Crippen molar-refractivity contribution >= 4 is 0 Å². The van der Waals surface area contributed by atoms with Crippen LogP contribution in [0, 0.1) is 11.3 Å². The molecular formula is C12H23NO. The van der Waals surface area contributed by atoms with Gasteiger partial charge in [-0.2, -0.15) is 0 Å². The Balaban J connectivity index is 1.94. The van der Waals surface area contributed by atoms with E-state index in [1.165, 1.54) is 25.7 Å². The van der Waals surface area contributed by atoms with Crippen molar-refractivity contribution in [3.05, 3.63) is 0 Å². The van der Waals surface area contributed by atoms with Crippen molar-refractivity contribution in [3.8, 4) is 0 Å².